The van der Waals surface area contributed by atoms with Gasteiger partial charge in [0.1, 0.15) is 5.75 Å². The summed E-state index contributed by atoms with van der Waals surface area (Å²) in [4.78, 5) is 25.3. The smallest absolute Gasteiger partial charge is 0.305 e. The fourth-order valence-corrected chi connectivity index (χ4v) is 2.84. The maximum absolute atomic E-state index is 12.7. The summed E-state index contributed by atoms with van der Waals surface area (Å²) in [6.07, 6.45) is 2.52. The number of aliphatic carboxylic acids is 1. The van der Waals surface area contributed by atoms with Gasteiger partial charge in [-0.1, -0.05) is 11.6 Å². The van der Waals surface area contributed by atoms with E-state index in [0.717, 1.165) is 12.8 Å². The lowest BCUT2D eigenvalue weighted by molar-refractivity contribution is -0.138. The van der Waals surface area contributed by atoms with E-state index in [1.807, 2.05) is 0 Å². The van der Waals surface area contributed by atoms with Gasteiger partial charge < -0.3 is 14.7 Å². The van der Waals surface area contributed by atoms with E-state index in [2.05, 4.69) is 0 Å². The zero-order chi connectivity index (χ0) is 15.4. The largest absolute Gasteiger partial charge is 0.496 e. The Morgan fingerprint density at radius 2 is 2.19 bits per heavy atom. The number of rotatable bonds is 4. The Kier molecular flexibility index (Phi) is 5.07. The average Bonchev–Trinajstić information content (AvgIpc) is 2.46. The van der Waals surface area contributed by atoms with E-state index in [-0.39, 0.29) is 18.4 Å². The third-order valence-corrected chi connectivity index (χ3v) is 3.93. The molecule has 1 aliphatic heterocycles. The number of piperidine rings is 1. The Balaban J connectivity index is 2.26. The maximum atomic E-state index is 12.7. The van der Waals surface area contributed by atoms with Crippen molar-refractivity contribution in [2.75, 3.05) is 13.7 Å². The molecule has 2 rings (SSSR count). The number of hydrogen-bond acceptors (Lipinski definition) is 3. The van der Waals surface area contributed by atoms with Crippen molar-refractivity contribution < 1.29 is 19.4 Å². The Hall–Kier alpha value is -1.75. The van der Waals surface area contributed by atoms with Gasteiger partial charge in [0.25, 0.3) is 5.91 Å². The van der Waals surface area contributed by atoms with E-state index in [4.69, 9.17) is 21.4 Å². The molecule has 1 aromatic rings. The van der Waals surface area contributed by atoms with Gasteiger partial charge in [0, 0.05) is 17.6 Å². The second-order valence-corrected chi connectivity index (χ2v) is 5.53. The number of carboxylic acid groups (broad SMARTS) is 1. The van der Waals surface area contributed by atoms with Gasteiger partial charge in [-0.15, -0.1) is 0 Å². The maximum Gasteiger partial charge on any atom is 0.305 e. The topological polar surface area (TPSA) is 66.8 Å². The second-order valence-electron chi connectivity index (χ2n) is 5.09. The van der Waals surface area contributed by atoms with Crippen molar-refractivity contribution in [3.63, 3.8) is 0 Å². The minimum Gasteiger partial charge on any atom is -0.496 e. The summed E-state index contributed by atoms with van der Waals surface area (Å²) in [5.41, 5.74) is 0.416. The lowest BCUT2D eigenvalue weighted by Gasteiger charge is -2.35. The quantitative estimate of drug-likeness (QED) is 0.928. The Morgan fingerprint density at radius 3 is 2.86 bits per heavy atom. The van der Waals surface area contributed by atoms with Crippen LogP contribution in [0.3, 0.4) is 0 Å². The molecule has 1 fully saturated rings. The van der Waals surface area contributed by atoms with Gasteiger partial charge in [0.2, 0.25) is 0 Å². The highest BCUT2D eigenvalue weighted by Crippen LogP contribution is 2.28. The molecule has 0 saturated carbocycles. The van der Waals surface area contributed by atoms with Crippen LogP contribution in [0.2, 0.25) is 5.02 Å². The molecule has 0 bridgehead atoms. The van der Waals surface area contributed by atoms with E-state index >= 15 is 0 Å². The van der Waals surface area contributed by atoms with E-state index in [1.54, 1.807) is 23.1 Å². The van der Waals surface area contributed by atoms with Crippen LogP contribution in [0, 0.1) is 0 Å². The van der Waals surface area contributed by atoms with E-state index < -0.39 is 5.97 Å². The average molecular weight is 312 g/mol. The minimum absolute atomic E-state index is 0.0261. The summed E-state index contributed by atoms with van der Waals surface area (Å²) in [6.45, 7) is 0.572. The summed E-state index contributed by atoms with van der Waals surface area (Å²) in [7, 11) is 1.48. The molecule has 0 aliphatic carbocycles. The number of nitrogens with zero attached hydrogens (tertiary/aromatic N) is 1. The van der Waals surface area contributed by atoms with Gasteiger partial charge in [-0.25, -0.2) is 0 Å². The van der Waals surface area contributed by atoms with Crippen LogP contribution in [-0.2, 0) is 4.79 Å². The summed E-state index contributed by atoms with van der Waals surface area (Å²) in [5.74, 6) is -0.676. The van der Waals surface area contributed by atoms with Gasteiger partial charge in [0.15, 0.2) is 0 Å². The highest BCUT2D eigenvalue weighted by molar-refractivity contribution is 6.30. The predicted molar refractivity (Wildman–Crippen MR) is 78.9 cm³/mol. The SMILES string of the molecule is COc1cc(Cl)ccc1C(=O)N1CCCCC1CC(=O)O. The first-order valence-corrected chi connectivity index (χ1v) is 7.27. The number of halogens is 1. The third-order valence-electron chi connectivity index (χ3n) is 3.69. The number of benzene rings is 1. The molecule has 1 aromatic carbocycles. The molecule has 21 heavy (non-hydrogen) atoms. The van der Waals surface area contributed by atoms with Gasteiger partial charge >= 0.3 is 5.97 Å². The van der Waals surface area contributed by atoms with Crippen molar-refractivity contribution in [3.8, 4) is 5.75 Å². The number of methoxy groups -OCH3 is 1. The fraction of sp³-hybridized carbons (Fsp3) is 0.467. The standard InChI is InChI=1S/C15H18ClNO4/c1-21-13-8-10(16)5-6-12(13)15(20)17-7-3-2-4-11(17)9-14(18)19/h5-6,8,11H,2-4,7,9H2,1H3,(H,18,19). The highest BCUT2D eigenvalue weighted by atomic mass is 35.5. The predicted octanol–water partition coefficient (Wildman–Crippen LogP) is 2.82. The van der Waals surface area contributed by atoms with Crippen LogP contribution in [-0.4, -0.2) is 41.6 Å². The lowest BCUT2D eigenvalue weighted by Crippen LogP contribution is -2.44. The van der Waals surface area contributed by atoms with E-state index in [1.165, 1.54) is 7.11 Å². The molecule has 1 atom stereocenters. The first-order chi connectivity index (χ1) is 10.0. The van der Waals surface area contributed by atoms with Crippen LogP contribution in [0.4, 0.5) is 0 Å². The highest BCUT2D eigenvalue weighted by Gasteiger charge is 2.30. The monoisotopic (exact) mass is 311 g/mol. The van der Waals surface area contributed by atoms with Gasteiger partial charge in [-0.3, -0.25) is 9.59 Å². The molecule has 0 radical (unpaired) electrons. The zero-order valence-corrected chi connectivity index (χ0v) is 12.6. The molecule has 0 spiro atoms. The molecule has 1 N–H and O–H groups in total. The number of hydrogen-bond donors (Lipinski definition) is 1. The van der Waals surface area contributed by atoms with Crippen LogP contribution in [0.25, 0.3) is 0 Å². The summed E-state index contributed by atoms with van der Waals surface area (Å²) in [5, 5.41) is 9.48. The first-order valence-electron chi connectivity index (χ1n) is 6.89. The molecule has 6 heteroatoms. The van der Waals surface area contributed by atoms with E-state index in [9.17, 15) is 9.59 Å². The summed E-state index contributed by atoms with van der Waals surface area (Å²) < 4.78 is 5.21. The van der Waals surface area contributed by atoms with Crippen molar-refractivity contribution in [2.24, 2.45) is 0 Å². The van der Waals surface area contributed by atoms with Crippen molar-refractivity contribution in [1.82, 2.24) is 4.90 Å². The number of carboxylic acids is 1. The first kappa shape index (κ1) is 15.6. The molecule has 114 valence electrons. The normalized spacial score (nSPS) is 18.4. The van der Waals surface area contributed by atoms with E-state index in [0.29, 0.717) is 29.3 Å². The number of carbonyl (C=O) groups is 2. The van der Waals surface area contributed by atoms with Gasteiger partial charge in [-0.05, 0) is 37.5 Å². The number of carbonyl (C=O) groups excluding carboxylic acids is 1. The second kappa shape index (κ2) is 6.80. The van der Waals surface area contributed by atoms with Crippen molar-refractivity contribution in [1.29, 1.82) is 0 Å². The number of amides is 1. The van der Waals surface area contributed by atoms with Crippen LogP contribution >= 0.6 is 11.6 Å². The van der Waals surface area contributed by atoms with Crippen molar-refractivity contribution in [3.05, 3.63) is 28.8 Å². The minimum atomic E-state index is -0.886. The molecule has 0 aromatic heterocycles. The van der Waals surface area contributed by atoms with Crippen molar-refractivity contribution in [2.45, 2.75) is 31.7 Å². The molecule has 5 nitrogen and oxygen atoms in total. The van der Waals surface area contributed by atoms with Gasteiger partial charge in [0.05, 0.1) is 19.1 Å². The summed E-state index contributed by atoms with van der Waals surface area (Å²) in [6, 6.07) is 4.58. The van der Waals surface area contributed by atoms with Crippen LogP contribution < -0.4 is 4.74 Å². The Bertz CT molecular complexity index is 546. The van der Waals surface area contributed by atoms with Crippen molar-refractivity contribution >= 4 is 23.5 Å². The van der Waals surface area contributed by atoms with Crippen LogP contribution in [0.15, 0.2) is 18.2 Å². The zero-order valence-electron chi connectivity index (χ0n) is 11.8. The molecule has 1 aliphatic rings. The summed E-state index contributed by atoms with van der Waals surface area (Å²) >= 11 is 5.90. The molecule has 1 amide bonds. The Morgan fingerprint density at radius 1 is 1.43 bits per heavy atom. The molecule has 1 saturated heterocycles. The fourth-order valence-electron chi connectivity index (χ4n) is 2.68. The lowest BCUT2D eigenvalue weighted by atomic mass is 9.98. The molecular formula is C15H18ClNO4. The molecule has 1 heterocycles. The number of likely N-dealkylation sites (tertiary alicyclic amines) is 1. The molecular weight excluding hydrogens is 294 g/mol. The van der Waals surface area contributed by atoms with Gasteiger partial charge in [-0.2, -0.15) is 0 Å². The van der Waals surface area contributed by atoms with Crippen LogP contribution in [0.5, 0.6) is 5.75 Å². The van der Waals surface area contributed by atoms with Crippen LogP contribution in [0.1, 0.15) is 36.0 Å². The number of ether oxygens (including phenoxy) is 1. The third kappa shape index (κ3) is 3.67. The Labute approximate surface area is 128 Å². The molecule has 1 unspecified atom stereocenters.